The van der Waals surface area contributed by atoms with E-state index in [-0.39, 0.29) is 17.6 Å². The number of likely N-dealkylation sites (N-methyl/N-ethyl adjacent to an activating group) is 1. The third-order valence-electron chi connectivity index (χ3n) is 4.04. The molecule has 0 aliphatic carbocycles. The van der Waals surface area contributed by atoms with Crippen molar-refractivity contribution in [2.45, 2.75) is 18.6 Å². The molecular weight excluding hydrogens is 342 g/mol. The standard InChI is InChI=1S/C16H17F4N3O2/c1-3-14(24)23-7-6-11(9-23)22(2)15(25)21-10-4-5-13(17)12(8-10)16(18,19)20/h3-5,8,11H,1,6-7,9H2,2H3,(H,21,25)/t11-/m0/s1. The maximum atomic E-state index is 13.3. The van der Waals surface area contributed by atoms with Crippen molar-refractivity contribution in [1.29, 1.82) is 0 Å². The Morgan fingerprint density at radius 3 is 2.68 bits per heavy atom. The van der Waals surface area contributed by atoms with Crippen LogP contribution in [0.15, 0.2) is 30.9 Å². The van der Waals surface area contributed by atoms with E-state index in [0.29, 0.717) is 31.6 Å². The molecule has 5 nitrogen and oxygen atoms in total. The molecule has 1 aromatic rings. The number of rotatable bonds is 3. The predicted molar refractivity (Wildman–Crippen MR) is 83.4 cm³/mol. The molecule has 0 radical (unpaired) electrons. The number of hydrogen-bond acceptors (Lipinski definition) is 2. The average molecular weight is 359 g/mol. The van der Waals surface area contributed by atoms with Crippen LogP contribution in [0, 0.1) is 5.82 Å². The minimum absolute atomic E-state index is 0.164. The number of halogens is 4. The fourth-order valence-electron chi connectivity index (χ4n) is 2.58. The zero-order valence-corrected chi connectivity index (χ0v) is 13.4. The Morgan fingerprint density at radius 1 is 1.40 bits per heavy atom. The third kappa shape index (κ3) is 4.28. The van der Waals surface area contributed by atoms with Crippen LogP contribution in [0.4, 0.5) is 28.0 Å². The lowest BCUT2D eigenvalue weighted by Gasteiger charge is -2.25. The van der Waals surface area contributed by atoms with E-state index < -0.39 is 23.6 Å². The number of nitrogens with one attached hydrogen (secondary N) is 1. The Balaban J connectivity index is 2.05. The number of nitrogens with zero attached hydrogens (tertiary/aromatic N) is 2. The summed E-state index contributed by atoms with van der Waals surface area (Å²) in [6, 6.07) is 1.34. The van der Waals surface area contributed by atoms with Crippen molar-refractivity contribution in [3.63, 3.8) is 0 Å². The first kappa shape index (κ1) is 18.8. The maximum Gasteiger partial charge on any atom is 0.419 e. The number of likely N-dealkylation sites (tertiary alicyclic amines) is 1. The van der Waals surface area contributed by atoms with Crippen LogP contribution in [0.5, 0.6) is 0 Å². The molecule has 1 aliphatic rings. The van der Waals surface area contributed by atoms with Crippen LogP contribution in [0.1, 0.15) is 12.0 Å². The van der Waals surface area contributed by atoms with Gasteiger partial charge in [-0.2, -0.15) is 13.2 Å². The maximum absolute atomic E-state index is 13.3. The van der Waals surface area contributed by atoms with E-state index in [1.807, 2.05) is 0 Å². The molecule has 3 amide bonds. The number of benzene rings is 1. The van der Waals surface area contributed by atoms with Crippen LogP contribution >= 0.6 is 0 Å². The fourth-order valence-corrected chi connectivity index (χ4v) is 2.58. The Bertz CT molecular complexity index is 690. The van der Waals surface area contributed by atoms with E-state index >= 15 is 0 Å². The Hall–Kier alpha value is -2.58. The van der Waals surface area contributed by atoms with Crippen LogP contribution in [0.2, 0.25) is 0 Å². The minimum Gasteiger partial charge on any atom is -0.337 e. The Kier molecular flexibility index (Phi) is 5.34. The first-order chi connectivity index (χ1) is 11.6. The van der Waals surface area contributed by atoms with Crippen molar-refractivity contribution in [3.8, 4) is 0 Å². The Labute approximate surface area is 141 Å². The highest BCUT2D eigenvalue weighted by Crippen LogP contribution is 2.33. The van der Waals surface area contributed by atoms with Gasteiger partial charge in [0.2, 0.25) is 5.91 Å². The number of alkyl halides is 3. The van der Waals surface area contributed by atoms with Gasteiger partial charge in [0.1, 0.15) is 5.82 Å². The summed E-state index contributed by atoms with van der Waals surface area (Å²) in [7, 11) is 1.48. The first-order valence-electron chi connectivity index (χ1n) is 7.45. The molecule has 1 N–H and O–H groups in total. The molecule has 1 aromatic carbocycles. The fraction of sp³-hybridized carbons (Fsp3) is 0.375. The molecule has 0 spiro atoms. The summed E-state index contributed by atoms with van der Waals surface area (Å²) in [5.74, 6) is -1.65. The quantitative estimate of drug-likeness (QED) is 0.666. The molecule has 0 aromatic heterocycles. The number of carbonyl (C=O) groups is 2. The van der Waals surface area contributed by atoms with E-state index in [0.717, 1.165) is 6.07 Å². The highest BCUT2D eigenvalue weighted by atomic mass is 19.4. The molecule has 0 unspecified atom stereocenters. The number of carbonyl (C=O) groups excluding carboxylic acids is 2. The molecule has 2 rings (SSSR count). The van der Waals surface area contributed by atoms with Crippen LogP contribution in [-0.2, 0) is 11.0 Å². The molecule has 1 saturated heterocycles. The van der Waals surface area contributed by atoms with E-state index in [2.05, 4.69) is 11.9 Å². The van der Waals surface area contributed by atoms with Crippen molar-refractivity contribution in [1.82, 2.24) is 9.80 Å². The summed E-state index contributed by atoms with van der Waals surface area (Å²) in [6.45, 7) is 4.17. The van der Waals surface area contributed by atoms with Gasteiger partial charge in [0.25, 0.3) is 0 Å². The molecule has 1 atom stereocenters. The number of hydrogen-bond donors (Lipinski definition) is 1. The summed E-state index contributed by atoms with van der Waals surface area (Å²) in [4.78, 5) is 26.6. The van der Waals surface area contributed by atoms with Crippen LogP contribution < -0.4 is 5.32 Å². The molecule has 25 heavy (non-hydrogen) atoms. The van der Waals surface area contributed by atoms with E-state index in [9.17, 15) is 27.2 Å². The highest BCUT2D eigenvalue weighted by molar-refractivity contribution is 5.90. The van der Waals surface area contributed by atoms with E-state index in [4.69, 9.17) is 0 Å². The summed E-state index contributed by atoms with van der Waals surface area (Å²) >= 11 is 0. The monoisotopic (exact) mass is 359 g/mol. The van der Waals surface area contributed by atoms with Gasteiger partial charge in [0.15, 0.2) is 0 Å². The normalized spacial score (nSPS) is 17.3. The van der Waals surface area contributed by atoms with Gasteiger partial charge in [-0.1, -0.05) is 6.58 Å². The second-order valence-electron chi connectivity index (χ2n) is 5.66. The van der Waals surface area contributed by atoms with Gasteiger partial charge >= 0.3 is 12.2 Å². The number of urea groups is 1. The lowest BCUT2D eigenvalue weighted by atomic mass is 10.2. The van der Waals surface area contributed by atoms with Crippen LogP contribution in [-0.4, -0.2) is 47.9 Å². The van der Waals surface area contributed by atoms with Gasteiger partial charge < -0.3 is 15.1 Å². The van der Waals surface area contributed by atoms with Crippen molar-refractivity contribution in [2.24, 2.45) is 0 Å². The average Bonchev–Trinajstić information content (AvgIpc) is 3.04. The summed E-state index contributed by atoms with van der Waals surface area (Å²) in [6.07, 6.45) is -3.13. The van der Waals surface area contributed by atoms with Crippen molar-refractivity contribution < 1.29 is 27.2 Å². The van der Waals surface area contributed by atoms with E-state index in [1.165, 1.54) is 22.9 Å². The lowest BCUT2D eigenvalue weighted by Crippen LogP contribution is -2.42. The molecule has 0 bridgehead atoms. The van der Waals surface area contributed by atoms with Gasteiger partial charge in [0, 0.05) is 25.8 Å². The molecular formula is C16H17F4N3O2. The molecule has 1 fully saturated rings. The van der Waals surface area contributed by atoms with E-state index in [1.54, 1.807) is 0 Å². The van der Waals surface area contributed by atoms with Gasteiger partial charge in [0.05, 0.1) is 11.6 Å². The van der Waals surface area contributed by atoms with Crippen molar-refractivity contribution in [2.75, 3.05) is 25.5 Å². The van der Waals surface area contributed by atoms with Gasteiger partial charge in [-0.3, -0.25) is 4.79 Å². The topological polar surface area (TPSA) is 52.7 Å². The predicted octanol–water partition coefficient (Wildman–Crippen LogP) is 3.10. The molecule has 0 saturated carbocycles. The van der Waals surface area contributed by atoms with Crippen LogP contribution in [0.3, 0.4) is 0 Å². The molecule has 1 aliphatic heterocycles. The van der Waals surface area contributed by atoms with Crippen LogP contribution in [0.25, 0.3) is 0 Å². The van der Waals surface area contributed by atoms with Gasteiger partial charge in [-0.05, 0) is 30.7 Å². The SMILES string of the molecule is C=CC(=O)N1CC[C@H](N(C)C(=O)Nc2ccc(F)c(C(F)(F)F)c2)C1. The number of anilines is 1. The summed E-state index contributed by atoms with van der Waals surface area (Å²) < 4.78 is 51.4. The first-order valence-corrected chi connectivity index (χ1v) is 7.45. The zero-order chi connectivity index (χ0) is 18.8. The number of amides is 3. The van der Waals surface area contributed by atoms with Crippen molar-refractivity contribution in [3.05, 3.63) is 42.2 Å². The smallest absolute Gasteiger partial charge is 0.337 e. The molecule has 1 heterocycles. The highest BCUT2D eigenvalue weighted by Gasteiger charge is 2.35. The molecule has 9 heteroatoms. The zero-order valence-electron chi connectivity index (χ0n) is 13.4. The Morgan fingerprint density at radius 2 is 2.08 bits per heavy atom. The largest absolute Gasteiger partial charge is 0.419 e. The summed E-state index contributed by atoms with van der Waals surface area (Å²) in [5.41, 5.74) is -1.61. The summed E-state index contributed by atoms with van der Waals surface area (Å²) in [5, 5.41) is 2.31. The lowest BCUT2D eigenvalue weighted by molar-refractivity contribution is -0.140. The second-order valence-corrected chi connectivity index (χ2v) is 5.66. The molecule has 136 valence electrons. The third-order valence-corrected chi connectivity index (χ3v) is 4.04. The van der Waals surface area contributed by atoms with Crippen molar-refractivity contribution >= 4 is 17.6 Å². The second kappa shape index (κ2) is 7.12. The van der Waals surface area contributed by atoms with Gasteiger partial charge in [-0.15, -0.1) is 0 Å². The minimum atomic E-state index is -4.85. The van der Waals surface area contributed by atoms with Gasteiger partial charge in [-0.25, -0.2) is 9.18 Å².